The van der Waals surface area contributed by atoms with Gasteiger partial charge >= 0.3 is 0 Å². The third-order valence-electron chi connectivity index (χ3n) is 6.35. The maximum Gasteiger partial charge on any atom is 0.0322 e. The molecule has 1 atom stereocenters. The lowest BCUT2D eigenvalue weighted by molar-refractivity contribution is -0.0619. The molecule has 0 saturated heterocycles. The van der Waals surface area contributed by atoms with E-state index in [1.54, 1.807) is 19.3 Å². The summed E-state index contributed by atoms with van der Waals surface area (Å²) in [5.74, 6) is 3.19. The van der Waals surface area contributed by atoms with Crippen molar-refractivity contribution in [1.29, 1.82) is 0 Å². The molecule has 4 aliphatic rings. The standard InChI is InChI=1S/C19H27N/c1-20-18(17-5-3-2-4-6-17)13-19-10-14-7-15(11-19)9-16(8-14)12-19/h2-6,14-16,18,20H,7-13H2,1H3. The first-order valence-electron chi connectivity index (χ1n) is 8.48. The first-order chi connectivity index (χ1) is 9.76. The van der Waals surface area contributed by atoms with Crippen LogP contribution in [0, 0.1) is 23.2 Å². The van der Waals surface area contributed by atoms with E-state index in [-0.39, 0.29) is 0 Å². The van der Waals surface area contributed by atoms with Crippen molar-refractivity contribution in [2.45, 2.75) is 51.0 Å². The monoisotopic (exact) mass is 269 g/mol. The van der Waals surface area contributed by atoms with Crippen LogP contribution in [-0.4, -0.2) is 7.05 Å². The molecular weight excluding hydrogens is 242 g/mol. The molecule has 1 aromatic rings. The Bertz CT molecular complexity index is 429. The molecule has 5 rings (SSSR count). The van der Waals surface area contributed by atoms with Gasteiger partial charge in [0.05, 0.1) is 0 Å². The van der Waals surface area contributed by atoms with E-state index in [4.69, 9.17) is 0 Å². The zero-order chi connectivity index (χ0) is 13.6. The SMILES string of the molecule is CNC(CC12CC3CC(CC(C3)C1)C2)c1ccccc1. The van der Waals surface area contributed by atoms with Crippen molar-refractivity contribution in [2.75, 3.05) is 7.05 Å². The minimum absolute atomic E-state index is 0.549. The Labute approximate surface area is 123 Å². The molecule has 4 saturated carbocycles. The quantitative estimate of drug-likeness (QED) is 0.845. The van der Waals surface area contributed by atoms with Crippen LogP contribution in [0.15, 0.2) is 30.3 Å². The minimum Gasteiger partial charge on any atom is -0.313 e. The lowest BCUT2D eigenvalue weighted by atomic mass is 9.48. The molecule has 0 radical (unpaired) electrons. The molecule has 108 valence electrons. The van der Waals surface area contributed by atoms with E-state index in [0.717, 1.165) is 17.8 Å². The van der Waals surface area contributed by atoms with Gasteiger partial charge < -0.3 is 5.32 Å². The number of rotatable bonds is 4. The van der Waals surface area contributed by atoms with Crippen molar-refractivity contribution < 1.29 is 0 Å². The number of benzene rings is 1. The normalized spacial score (nSPS) is 40.0. The fourth-order valence-corrected chi connectivity index (χ4v) is 6.04. The molecule has 0 spiro atoms. The molecular formula is C19H27N. The van der Waals surface area contributed by atoms with Crippen LogP contribution in [0.25, 0.3) is 0 Å². The van der Waals surface area contributed by atoms with E-state index in [0.29, 0.717) is 11.5 Å². The van der Waals surface area contributed by atoms with Crippen LogP contribution in [0.2, 0.25) is 0 Å². The first-order valence-corrected chi connectivity index (χ1v) is 8.48. The molecule has 4 aliphatic carbocycles. The zero-order valence-corrected chi connectivity index (χ0v) is 12.6. The van der Waals surface area contributed by atoms with E-state index in [1.807, 2.05) is 0 Å². The molecule has 0 amide bonds. The maximum atomic E-state index is 3.59. The van der Waals surface area contributed by atoms with Gasteiger partial charge in [-0.05, 0) is 80.7 Å². The van der Waals surface area contributed by atoms with Gasteiger partial charge in [-0.3, -0.25) is 0 Å². The molecule has 1 heteroatoms. The molecule has 4 bridgehead atoms. The molecule has 1 N–H and O–H groups in total. The summed E-state index contributed by atoms with van der Waals surface area (Å²) in [6.07, 6.45) is 10.6. The van der Waals surface area contributed by atoms with Gasteiger partial charge in [0.15, 0.2) is 0 Å². The minimum atomic E-state index is 0.549. The average Bonchev–Trinajstić information content (AvgIpc) is 2.44. The Kier molecular flexibility index (Phi) is 3.14. The van der Waals surface area contributed by atoms with E-state index >= 15 is 0 Å². The summed E-state index contributed by atoms with van der Waals surface area (Å²) < 4.78 is 0. The third-order valence-corrected chi connectivity index (χ3v) is 6.35. The summed E-state index contributed by atoms with van der Waals surface area (Å²) in [7, 11) is 2.14. The van der Waals surface area contributed by atoms with Gasteiger partial charge in [-0.25, -0.2) is 0 Å². The third kappa shape index (κ3) is 2.20. The maximum absolute atomic E-state index is 3.59. The van der Waals surface area contributed by atoms with Crippen molar-refractivity contribution in [1.82, 2.24) is 5.32 Å². The first kappa shape index (κ1) is 12.9. The van der Waals surface area contributed by atoms with Crippen molar-refractivity contribution >= 4 is 0 Å². The van der Waals surface area contributed by atoms with E-state index < -0.39 is 0 Å². The Morgan fingerprint density at radius 2 is 1.55 bits per heavy atom. The van der Waals surface area contributed by atoms with Crippen LogP contribution >= 0.6 is 0 Å². The molecule has 1 nitrogen and oxygen atoms in total. The summed E-state index contributed by atoms with van der Waals surface area (Å²) >= 11 is 0. The van der Waals surface area contributed by atoms with Crippen LogP contribution in [0.1, 0.15) is 56.6 Å². The Balaban J connectivity index is 1.55. The van der Waals surface area contributed by atoms with Crippen LogP contribution in [0.3, 0.4) is 0 Å². The van der Waals surface area contributed by atoms with Crippen LogP contribution in [0.5, 0.6) is 0 Å². The second-order valence-electron chi connectivity index (χ2n) is 7.87. The van der Waals surface area contributed by atoms with E-state index in [9.17, 15) is 0 Å². The zero-order valence-electron chi connectivity index (χ0n) is 12.6. The number of hydrogen-bond acceptors (Lipinski definition) is 1. The van der Waals surface area contributed by atoms with Crippen molar-refractivity contribution in [3.8, 4) is 0 Å². The predicted molar refractivity (Wildman–Crippen MR) is 83.5 cm³/mol. The topological polar surface area (TPSA) is 12.0 Å². The van der Waals surface area contributed by atoms with Gasteiger partial charge in [0.25, 0.3) is 0 Å². The molecule has 4 fully saturated rings. The van der Waals surface area contributed by atoms with Gasteiger partial charge in [-0.2, -0.15) is 0 Å². The predicted octanol–water partition coefficient (Wildman–Crippen LogP) is 4.55. The lowest BCUT2D eigenvalue weighted by Gasteiger charge is -2.57. The van der Waals surface area contributed by atoms with E-state index in [2.05, 4.69) is 42.7 Å². The Morgan fingerprint density at radius 1 is 1.00 bits per heavy atom. The highest BCUT2D eigenvalue weighted by molar-refractivity contribution is 5.20. The number of nitrogens with one attached hydrogen (secondary N) is 1. The summed E-state index contributed by atoms with van der Waals surface area (Å²) in [5, 5.41) is 3.59. The van der Waals surface area contributed by atoms with Gasteiger partial charge in [0.2, 0.25) is 0 Å². The van der Waals surface area contributed by atoms with Crippen LogP contribution in [-0.2, 0) is 0 Å². The van der Waals surface area contributed by atoms with Gasteiger partial charge in [-0.15, -0.1) is 0 Å². The van der Waals surface area contributed by atoms with Crippen molar-refractivity contribution in [2.24, 2.45) is 23.2 Å². The van der Waals surface area contributed by atoms with Crippen LogP contribution < -0.4 is 5.32 Å². The molecule has 20 heavy (non-hydrogen) atoms. The molecule has 1 unspecified atom stereocenters. The second-order valence-corrected chi connectivity index (χ2v) is 7.87. The molecule has 1 aromatic carbocycles. The highest BCUT2D eigenvalue weighted by Gasteiger charge is 2.51. The van der Waals surface area contributed by atoms with Gasteiger partial charge in [0.1, 0.15) is 0 Å². The largest absolute Gasteiger partial charge is 0.313 e. The summed E-state index contributed by atoms with van der Waals surface area (Å²) in [5.41, 5.74) is 2.14. The molecule has 0 aromatic heterocycles. The second kappa shape index (κ2) is 4.87. The molecule has 0 heterocycles. The highest BCUT2D eigenvalue weighted by Crippen LogP contribution is 2.62. The Morgan fingerprint density at radius 3 is 2.05 bits per heavy atom. The van der Waals surface area contributed by atoms with Crippen LogP contribution in [0.4, 0.5) is 0 Å². The number of hydrogen-bond donors (Lipinski definition) is 1. The van der Waals surface area contributed by atoms with Gasteiger partial charge in [0, 0.05) is 6.04 Å². The average molecular weight is 269 g/mol. The molecule has 0 aliphatic heterocycles. The highest BCUT2D eigenvalue weighted by atomic mass is 14.9. The van der Waals surface area contributed by atoms with Crippen molar-refractivity contribution in [3.63, 3.8) is 0 Å². The van der Waals surface area contributed by atoms with Gasteiger partial charge in [-0.1, -0.05) is 30.3 Å². The summed E-state index contributed by atoms with van der Waals surface area (Å²) in [6.45, 7) is 0. The smallest absolute Gasteiger partial charge is 0.0322 e. The fourth-order valence-electron chi connectivity index (χ4n) is 6.04. The Hall–Kier alpha value is -0.820. The fraction of sp³-hybridized carbons (Fsp3) is 0.684. The lowest BCUT2D eigenvalue weighted by Crippen LogP contribution is -2.47. The van der Waals surface area contributed by atoms with Crippen molar-refractivity contribution in [3.05, 3.63) is 35.9 Å². The van der Waals surface area contributed by atoms with E-state index in [1.165, 1.54) is 31.2 Å². The summed E-state index contributed by atoms with van der Waals surface area (Å²) in [4.78, 5) is 0. The summed E-state index contributed by atoms with van der Waals surface area (Å²) in [6, 6.07) is 11.6.